The Morgan fingerprint density at radius 3 is 2.88 bits per heavy atom. The number of rotatable bonds is 4. The number of nitrogen functional groups attached to an aromatic ring is 1. The van der Waals surface area contributed by atoms with E-state index in [0.29, 0.717) is 12.0 Å². The van der Waals surface area contributed by atoms with Gasteiger partial charge in [-0.15, -0.1) is 0 Å². The Hall–Kier alpha value is -2.34. The highest BCUT2D eigenvalue weighted by Crippen LogP contribution is 2.26. The number of hydrogen-bond donors (Lipinski definition) is 2. The van der Waals surface area contributed by atoms with Crippen molar-refractivity contribution in [2.75, 3.05) is 30.3 Å². The van der Waals surface area contributed by atoms with Gasteiger partial charge < -0.3 is 20.7 Å². The molecule has 3 N–H and O–H groups in total. The molecule has 0 radical (unpaired) electrons. The average molecular weight is 353 g/mol. The maximum absolute atomic E-state index is 5.78. The predicted octanol–water partition coefficient (Wildman–Crippen LogP) is 2.45. The molecule has 6 nitrogen and oxygen atoms in total. The Morgan fingerprint density at radius 1 is 1.23 bits per heavy atom. The number of aromatic nitrogens is 2. The minimum Gasteiger partial charge on any atom is -0.493 e. The van der Waals surface area contributed by atoms with Gasteiger partial charge in [0.05, 0.1) is 6.61 Å². The molecular formula is C20H27N5O. The lowest BCUT2D eigenvalue weighted by molar-refractivity contribution is 0.288. The van der Waals surface area contributed by atoms with Crippen LogP contribution < -0.4 is 20.7 Å². The Kier molecular flexibility index (Phi) is 4.93. The van der Waals surface area contributed by atoms with Crippen molar-refractivity contribution in [2.24, 2.45) is 0 Å². The average Bonchev–Trinajstić information content (AvgIpc) is 2.66. The van der Waals surface area contributed by atoms with Crippen molar-refractivity contribution in [3.63, 3.8) is 0 Å². The number of nitrogens with zero attached hydrogens (tertiary/aromatic N) is 3. The molecule has 0 saturated carbocycles. The van der Waals surface area contributed by atoms with Crippen LogP contribution in [0.5, 0.6) is 5.75 Å². The summed E-state index contributed by atoms with van der Waals surface area (Å²) in [7, 11) is 0. The first kappa shape index (κ1) is 17.1. The van der Waals surface area contributed by atoms with Crippen molar-refractivity contribution in [1.29, 1.82) is 0 Å². The smallest absolute Gasteiger partial charge is 0.222 e. The van der Waals surface area contributed by atoms with Gasteiger partial charge in [0, 0.05) is 37.4 Å². The van der Waals surface area contributed by atoms with Gasteiger partial charge in [0.25, 0.3) is 0 Å². The number of anilines is 2. The fourth-order valence-electron chi connectivity index (χ4n) is 3.84. The van der Waals surface area contributed by atoms with Gasteiger partial charge >= 0.3 is 0 Å². The summed E-state index contributed by atoms with van der Waals surface area (Å²) < 4.78 is 5.70. The highest BCUT2D eigenvalue weighted by Gasteiger charge is 2.20. The third kappa shape index (κ3) is 3.90. The number of fused-ring (bicyclic) bond motifs is 1. The molecule has 2 aliphatic rings. The van der Waals surface area contributed by atoms with E-state index >= 15 is 0 Å². The van der Waals surface area contributed by atoms with E-state index in [1.807, 2.05) is 13.0 Å². The van der Waals surface area contributed by atoms with Gasteiger partial charge in [-0.1, -0.05) is 12.1 Å². The highest BCUT2D eigenvalue weighted by molar-refractivity contribution is 5.43. The largest absolute Gasteiger partial charge is 0.493 e. The van der Waals surface area contributed by atoms with Crippen molar-refractivity contribution >= 4 is 11.8 Å². The molecule has 0 bridgehead atoms. The Labute approximate surface area is 154 Å². The number of nitrogens with one attached hydrogen (secondary N) is 1. The van der Waals surface area contributed by atoms with Gasteiger partial charge in [0.2, 0.25) is 5.95 Å². The third-order valence-corrected chi connectivity index (χ3v) is 5.24. The van der Waals surface area contributed by atoms with Crippen LogP contribution in [0.2, 0.25) is 0 Å². The van der Waals surface area contributed by atoms with Gasteiger partial charge in [0.1, 0.15) is 11.6 Å². The first-order valence-corrected chi connectivity index (χ1v) is 9.51. The summed E-state index contributed by atoms with van der Waals surface area (Å²) in [5.41, 5.74) is 9.40. The third-order valence-electron chi connectivity index (χ3n) is 5.24. The van der Waals surface area contributed by atoms with E-state index in [2.05, 4.69) is 38.4 Å². The fourth-order valence-corrected chi connectivity index (χ4v) is 3.84. The Balaban J connectivity index is 1.30. The summed E-state index contributed by atoms with van der Waals surface area (Å²) in [6.07, 6.45) is 4.46. The summed E-state index contributed by atoms with van der Waals surface area (Å²) in [4.78, 5) is 10.8. The Morgan fingerprint density at radius 2 is 2.08 bits per heavy atom. The summed E-state index contributed by atoms with van der Waals surface area (Å²) in [6.45, 7) is 5.70. The zero-order chi connectivity index (χ0) is 17.9. The van der Waals surface area contributed by atoms with E-state index in [1.54, 1.807) is 0 Å². The van der Waals surface area contributed by atoms with Crippen LogP contribution in [0.4, 0.5) is 11.8 Å². The van der Waals surface area contributed by atoms with Gasteiger partial charge in [0.15, 0.2) is 0 Å². The minimum absolute atomic E-state index is 0.358. The van der Waals surface area contributed by atoms with Gasteiger partial charge in [-0.3, -0.25) is 0 Å². The first-order valence-electron chi connectivity index (χ1n) is 9.51. The molecule has 6 heteroatoms. The molecule has 138 valence electrons. The number of ether oxygens (including phenoxy) is 1. The van der Waals surface area contributed by atoms with Crippen LogP contribution >= 0.6 is 0 Å². The quantitative estimate of drug-likeness (QED) is 0.879. The lowest BCUT2D eigenvalue weighted by Crippen LogP contribution is -2.42. The molecule has 2 aromatic rings. The zero-order valence-corrected chi connectivity index (χ0v) is 15.4. The van der Waals surface area contributed by atoms with Gasteiger partial charge in [-0.05, 0) is 49.8 Å². The van der Waals surface area contributed by atoms with Crippen molar-refractivity contribution in [3.05, 3.63) is 41.1 Å². The summed E-state index contributed by atoms with van der Waals surface area (Å²) in [5.74, 6) is 2.37. The van der Waals surface area contributed by atoms with Crippen molar-refractivity contribution < 1.29 is 4.74 Å². The standard InChI is InChI=1S/C20H27N5O/c1-14-11-19(24-20(21)23-14)25-8-6-17(7-9-25)22-13-15-4-5-18-16(12-15)3-2-10-26-18/h4-5,11-12,17,22H,2-3,6-10,13H2,1H3,(H2,21,23,24). The van der Waals surface area contributed by atoms with Crippen molar-refractivity contribution in [2.45, 2.75) is 45.2 Å². The molecule has 0 amide bonds. The number of aryl methyl sites for hydroxylation is 2. The van der Waals surface area contributed by atoms with E-state index in [1.165, 1.54) is 11.1 Å². The van der Waals surface area contributed by atoms with Gasteiger partial charge in [-0.25, -0.2) is 4.98 Å². The fraction of sp³-hybridized carbons (Fsp3) is 0.500. The Bertz CT molecular complexity index is 751. The molecule has 26 heavy (non-hydrogen) atoms. The molecule has 1 aromatic carbocycles. The second kappa shape index (κ2) is 7.50. The number of hydrogen-bond acceptors (Lipinski definition) is 6. The summed E-state index contributed by atoms with van der Waals surface area (Å²) in [5, 5.41) is 3.71. The summed E-state index contributed by atoms with van der Waals surface area (Å²) >= 11 is 0. The second-order valence-corrected chi connectivity index (χ2v) is 7.26. The number of benzene rings is 1. The molecule has 1 fully saturated rings. The van der Waals surface area contributed by atoms with Crippen LogP contribution in [0.1, 0.15) is 36.1 Å². The first-order chi connectivity index (χ1) is 12.7. The molecule has 1 aromatic heterocycles. The van der Waals surface area contributed by atoms with E-state index in [9.17, 15) is 0 Å². The SMILES string of the molecule is Cc1cc(N2CCC(NCc3ccc4c(c3)CCCO4)CC2)nc(N)n1. The molecule has 1 saturated heterocycles. The van der Waals surface area contributed by atoms with Crippen LogP contribution in [0.3, 0.4) is 0 Å². The lowest BCUT2D eigenvalue weighted by Gasteiger charge is -2.33. The maximum atomic E-state index is 5.78. The molecular weight excluding hydrogens is 326 g/mol. The van der Waals surface area contributed by atoms with Crippen molar-refractivity contribution in [1.82, 2.24) is 15.3 Å². The molecule has 0 aliphatic carbocycles. The topological polar surface area (TPSA) is 76.3 Å². The second-order valence-electron chi connectivity index (χ2n) is 7.26. The predicted molar refractivity (Wildman–Crippen MR) is 104 cm³/mol. The van der Waals surface area contributed by atoms with Crippen LogP contribution in [0.25, 0.3) is 0 Å². The normalized spacial score (nSPS) is 17.7. The summed E-state index contributed by atoms with van der Waals surface area (Å²) in [6, 6.07) is 9.15. The van der Waals surface area contributed by atoms with Crippen molar-refractivity contribution in [3.8, 4) is 5.75 Å². The lowest BCUT2D eigenvalue weighted by atomic mass is 10.0. The molecule has 0 unspecified atom stereocenters. The van der Waals surface area contributed by atoms with E-state index < -0.39 is 0 Å². The van der Waals surface area contributed by atoms with Gasteiger partial charge in [-0.2, -0.15) is 4.98 Å². The maximum Gasteiger partial charge on any atom is 0.222 e. The van der Waals surface area contributed by atoms with Crippen LogP contribution in [0, 0.1) is 6.92 Å². The molecule has 4 rings (SSSR count). The van der Waals surface area contributed by atoms with E-state index in [-0.39, 0.29) is 0 Å². The highest BCUT2D eigenvalue weighted by atomic mass is 16.5. The van der Waals surface area contributed by atoms with Crippen LogP contribution in [-0.2, 0) is 13.0 Å². The minimum atomic E-state index is 0.358. The number of nitrogens with two attached hydrogens (primary N) is 1. The van der Waals surface area contributed by atoms with Crippen LogP contribution in [0.15, 0.2) is 24.3 Å². The molecule has 0 spiro atoms. The molecule has 3 heterocycles. The van der Waals surface area contributed by atoms with E-state index in [0.717, 1.165) is 69.2 Å². The zero-order valence-electron chi connectivity index (χ0n) is 15.4. The molecule has 2 aliphatic heterocycles. The van der Waals surface area contributed by atoms with E-state index in [4.69, 9.17) is 10.5 Å². The number of piperidine rings is 1. The molecule has 0 atom stereocenters. The van der Waals surface area contributed by atoms with Crippen LogP contribution in [-0.4, -0.2) is 35.7 Å². The monoisotopic (exact) mass is 353 g/mol.